The van der Waals surface area contributed by atoms with Gasteiger partial charge in [-0.05, 0) is 62.8 Å². The fraction of sp³-hybridized carbons (Fsp3) is 0.350. The van der Waals surface area contributed by atoms with Gasteiger partial charge in [-0.15, -0.1) is 24.8 Å². The average Bonchev–Trinajstić information content (AvgIpc) is 3.06. The van der Waals surface area contributed by atoms with Gasteiger partial charge in [0.2, 0.25) is 0 Å². The number of hydrogen-bond donors (Lipinski definition) is 1. The van der Waals surface area contributed by atoms with Crippen LogP contribution in [0, 0.1) is 0 Å². The van der Waals surface area contributed by atoms with Gasteiger partial charge in [-0.25, -0.2) is 4.98 Å². The summed E-state index contributed by atoms with van der Waals surface area (Å²) in [6.07, 6.45) is 2.46. The topological polar surface area (TPSA) is 37.4 Å². The molecule has 27 heavy (non-hydrogen) atoms. The lowest BCUT2D eigenvalue weighted by Gasteiger charge is -2.31. The second-order valence-electron chi connectivity index (χ2n) is 6.53. The van der Waals surface area contributed by atoms with Crippen LogP contribution in [0.25, 0.3) is 10.2 Å². The van der Waals surface area contributed by atoms with Crippen LogP contribution in [0.3, 0.4) is 0 Å². The van der Waals surface area contributed by atoms with Gasteiger partial charge in [0.05, 0.1) is 10.2 Å². The molecule has 0 spiro atoms. The third-order valence-corrected chi connectivity index (χ3v) is 5.72. The van der Waals surface area contributed by atoms with E-state index in [4.69, 9.17) is 4.74 Å². The number of piperidine rings is 1. The second kappa shape index (κ2) is 10.2. The number of fused-ring (bicyclic) bond motifs is 1. The molecule has 2 heterocycles. The zero-order valence-electron chi connectivity index (χ0n) is 15.3. The summed E-state index contributed by atoms with van der Waals surface area (Å²) < 4.78 is 7.07. The number of nitrogens with one attached hydrogen (secondary N) is 1. The van der Waals surface area contributed by atoms with Crippen LogP contribution in [0.4, 0.5) is 0 Å². The number of aromatic nitrogens is 1. The summed E-state index contributed by atoms with van der Waals surface area (Å²) in [5, 5.41) is 4.08. The molecule has 0 saturated carbocycles. The lowest BCUT2D eigenvalue weighted by molar-refractivity contribution is 0.194. The Bertz CT molecular complexity index is 800. The van der Waals surface area contributed by atoms with E-state index in [1.807, 2.05) is 30.3 Å². The Hall–Kier alpha value is -1.37. The van der Waals surface area contributed by atoms with Crippen LogP contribution in [0.15, 0.2) is 48.5 Å². The Morgan fingerprint density at radius 2 is 1.78 bits per heavy atom. The van der Waals surface area contributed by atoms with Crippen LogP contribution in [0.1, 0.15) is 18.4 Å². The maximum absolute atomic E-state index is 5.92. The van der Waals surface area contributed by atoms with Gasteiger partial charge in [0, 0.05) is 12.6 Å². The molecule has 1 aliphatic rings. The minimum Gasteiger partial charge on any atom is -0.431 e. The molecule has 0 atom stereocenters. The monoisotopic (exact) mass is 425 g/mol. The van der Waals surface area contributed by atoms with Crippen molar-refractivity contribution in [1.29, 1.82) is 0 Å². The maximum Gasteiger partial charge on any atom is 0.279 e. The first-order chi connectivity index (χ1) is 12.3. The SMILES string of the molecule is CNC1CCN(Cc2ccc(Oc3nc4ccccc4s3)cc2)CC1.Cl.Cl. The Kier molecular flexibility index (Phi) is 8.32. The van der Waals surface area contributed by atoms with Crippen molar-refractivity contribution in [2.45, 2.75) is 25.4 Å². The van der Waals surface area contributed by atoms with E-state index in [0.717, 1.165) is 35.6 Å². The van der Waals surface area contributed by atoms with Crippen LogP contribution in [0.5, 0.6) is 10.9 Å². The minimum atomic E-state index is 0. The summed E-state index contributed by atoms with van der Waals surface area (Å²) in [5.41, 5.74) is 2.32. The first-order valence-electron chi connectivity index (χ1n) is 8.82. The molecule has 0 aliphatic carbocycles. The summed E-state index contributed by atoms with van der Waals surface area (Å²) in [6, 6.07) is 17.2. The summed E-state index contributed by atoms with van der Waals surface area (Å²) in [5.74, 6) is 0.844. The zero-order valence-corrected chi connectivity index (χ0v) is 17.7. The van der Waals surface area contributed by atoms with Gasteiger partial charge in [-0.3, -0.25) is 4.90 Å². The number of halogens is 2. The number of hydrogen-bond acceptors (Lipinski definition) is 5. The molecule has 0 unspecified atom stereocenters. The summed E-state index contributed by atoms with van der Waals surface area (Å²) in [4.78, 5) is 7.05. The van der Waals surface area contributed by atoms with Crippen LogP contribution >= 0.6 is 36.2 Å². The average molecular weight is 426 g/mol. The van der Waals surface area contributed by atoms with E-state index in [2.05, 4.69) is 40.4 Å². The third kappa shape index (κ3) is 5.56. The van der Waals surface area contributed by atoms with Gasteiger partial charge in [0.15, 0.2) is 0 Å². The highest BCUT2D eigenvalue weighted by Crippen LogP contribution is 2.31. The molecule has 0 amide bonds. The van der Waals surface area contributed by atoms with Crippen LogP contribution < -0.4 is 10.1 Å². The predicted molar refractivity (Wildman–Crippen MR) is 118 cm³/mol. The largest absolute Gasteiger partial charge is 0.431 e. The van der Waals surface area contributed by atoms with Crippen molar-refractivity contribution in [3.05, 3.63) is 54.1 Å². The van der Waals surface area contributed by atoms with Crippen LogP contribution in [-0.4, -0.2) is 36.1 Å². The van der Waals surface area contributed by atoms with E-state index in [1.165, 1.54) is 18.4 Å². The van der Waals surface area contributed by atoms with Crippen molar-refractivity contribution in [1.82, 2.24) is 15.2 Å². The third-order valence-electron chi connectivity index (χ3n) is 4.80. The molecule has 1 N–H and O–H groups in total. The van der Waals surface area contributed by atoms with Crippen molar-refractivity contribution in [2.24, 2.45) is 0 Å². The minimum absolute atomic E-state index is 0. The van der Waals surface area contributed by atoms with Gasteiger partial charge >= 0.3 is 0 Å². The van der Waals surface area contributed by atoms with Gasteiger partial charge < -0.3 is 10.1 Å². The number of nitrogens with zero attached hydrogens (tertiary/aromatic N) is 2. The van der Waals surface area contributed by atoms with Crippen molar-refractivity contribution < 1.29 is 4.74 Å². The molecule has 1 fully saturated rings. The normalized spacial score (nSPS) is 15.1. The smallest absolute Gasteiger partial charge is 0.279 e. The number of ether oxygens (including phenoxy) is 1. The van der Waals surface area contributed by atoms with Crippen LogP contribution in [-0.2, 0) is 6.54 Å². The van der Waals surface area contributed by atoms with E-state index in [0.29, 0.717) is 11.2 Å². The Morgan fingerprint density at radius 1 is 1.07 bits per heavy atom. The highest BCUT2D eigenvalue weighted by atomic mass is 35.5. The maximum atomic E-state index is 5.92. The van der Waals surface area contributed by atoms with E-state index < -0.39 is 0 Å². The lowest BCUT2D eigenvalue weighted by Crippen LogP contribution is -2.40. The van der Waals surface area contributed by atoms with Crippen molar-refractivity contribution >= 4 is 46.4 Å². The molecule has 1 aromatic heterocycles. The Balaban J connectivity index is 0.00000131. The fourth-order valence-electron chi connectivity index (χ4n) is 3.30. The second-order valence-corrected chi connectivity index (χ2v) is 7.53. The first-order valence-corrected chi connectivity index (χ1v) is 9.64. The molecule has 0 radical (unpaired) electrons. The van der Waals surface area contributed by atoms with Crippen molar-refractivity contribution in [2.75, 3.05) is 20.1 Å². The number of thiazole rings is 1. The molecule has 3 aromatic rings. The number of benzene rings is 2. The molecule has 2 aromatic carbocycles. The molecule has 4 rings (SSSR count). The van der Waals surface area contributed by atoms with Gasteiger partial charge in [0.1, 0.15) is 5.75 Å². The number of rotatable bonds is 5. The number of likely N-dealkylation sites (tertiary alicyclic amines) is 1. The van der Waals surface area contributed by atoms with Crippen molar-refractivity contribution in [3.63, 3.8) is 0 Å². The zero-order chi connectivity index (χ0) is 17.1. The molecule has 4 nitrogen and oxygen atoms in total. The number of para-hydroxylation sites is 1. The highest BCUT2D eigenvalue weighted by Gasteiger charge is 2.17. The molecular formula is C20H25Cl2N3OS. The lowest BCUT2D eigenvalue weighted by atomic mass is 10.0. The molecule has 0 bridgehead atoms. The van der Waals surface area contributed by atoms with E-state index in [1.54, 1.807) is 11.3 Å². The Labute approximate surface area is 176 Å². The standard InChI is InChI=1S/C20H23N3OS.2ClH/c1-21-16-10-12-23(13-11-16)14-15-6-8-17(9-7-15)24-20-22-18-4-2-3-5-19(18)25-20;;/h2-9,16,21H,10-14H2,1H3;2*1H. The van der Waals surface area contributed by atoms with Gasteiger partial charge in [-0.2, -0.15) is 0 Å². The summed E-state index contributed by atoms with van der Waals surface area (Å²) in [6.45, 7) is 3.34. The van der Waals surface area contributed by atoms with E-state index in [9.17, 15) is 0 Å². The molecular weight excluding hydrogens is 401 g/mol. The Morgan fingerprint density at radius 3 is 2.44 bits per heavy atom. The predicted octanol–water partition coefficient (Wildman–Crippen LogP) is 5.12. The van der Waals surface area contributed by atoms with E-state index >= 15 is 0 Å². The molecule has 1 aliphatic heterocycles. The first kappa shape index (κ1) is 21.9. The molecule has 146 valence electrons. The summed E-state index contributed by atoms with van der Waals surface area (Å²) in [7, 11) is 2.06. The van der Waals surface area contributed by atoms with Crippen LogP contribution in [0.2, 0.25) is 0 Å². The van der Waals surface area contributed by atoms with Gasteiger partial charge in [-0.1, -0.05) is 35.6 Å². The fourth-order valence-corrected chi connectivity index (χ4v) is 4.13. The van der Waals surface area contributed by atoms with Crippen molar-refractivity contribution in [3.8, 4) is 10.9 Å². The summed E-state index contributed by atoms with van der Waals surface area (Å²) >= 11 is 1.58. The highest BCUT2D eigenvalue weighted by molar-refractivity contribution is 7.20. The molecule has 7 heteroatoms. The van der Waals surface area contributed by atoms with Gasteiger partial charge in [0.25, 0.3) is 5.19 Å². The molecule has 1 saturated heterocycles. The van der Waals surface area contributed by atoms with E-state index in [-0.39, 0.29) is 24.8 Å². The quantitative estimate of drug-likeness (QED) is 0.615.